The molecule has 0 aliphatic heterocycles. The Hall–Kier alpha value is -2.53. The number of nitrogens with zero attached hydrogens (tertiary/aromatic N) is 1. The smallest absolute Gasteiger partial charge is 0.322 e. The monoisotopic (exact) mass is 371 g/mol. The first-order chi connectivity index (χ1) is 12.4. The molecular weight excluding hydrogens is 350 g/mol. The van der Waals surface area contributed by atoms with Gasteiger partial charge in [-0.25, -0.2) is 4.79 Å². The van der Waals surface area contributed by atoms with Crippen LogP contribution < -0.4 is 10.6 Å². The number of halogens is 1. The Morgan fingerprint density at radius 2 is 1.85 bits per heavy atom. The van der Waals surface area contributed by atoms with Crippen LogP contribution >= 0.6 is 11.6 Å². The summed E-state index contributed by atoms with van der Waals surface area (Å²) in [4.78, 5) is 26.3. The summed E-state index contributed by atoms with van der Waals surface area (Å²) in [5.41, 5.74) is 2.13. The first-order valence-corrected chi connectivity index (χ1v) is 9.02. The van der Waals surface area contributed by atoms with Crippen LogP contribution in [0.2, 0.25) is 5.02 Å². The van der Waals surface area contributed by atoms with Crippen molar-refractivity contribution in [1.29, 1.82) is 0 Å². The zero-order valence-corrected chi connectivity index (χ0v) is 15.6. The summed E-state index contributed by atoms with van der Waals surface area (Å²) < 4.78 is 0. The summed E-state index contributed by atoms with van der Waals surface area (Å²) >= 11 is 5.92. The van der Waals surface area contributed by atoms with Gasteiger partial charge in [0.25, 0.3) is 5.91 Å². The van der Waals surface area contributed by atoms with Crippen molar-refractivity contribution in [2.24, 2.45) is 0 Å². The summed E-state index contributed by atoms with van der Waals surface area (Å²) in [7, 11) is 1.73. The summed E-state index contributed by atoms with van der Waals surface area (Å²) in [6, 6.07) is 14.3. The molecule has 0 heterocycles. The maximum atomic E-state index is 12.6. The van der Waals surface area contributed by atoms with Crippen molar-refractivity contribution in [3.63, 3.8) is 0 Å². The number of nitrogens with one attached hydrogen (secondary N) is 2. The highest BCUT2D eigenvalue weighted by Crippen LogP contribution is 2.22. The van der Waals surface area contributed by atoms with Gasteiger partial charge in [-0.15, -0.1) is 0 Å². The van der Waals surface area contributed by atoms with Crippen molar-refractivity contribution in [2.45, 2.75) is 31.8 Å². The van der Waals surface area contributed by atoms with Gasteiger partial charge in [0.15, 0.2) is 0 Å². The van der Waals surface area contributed by atoms with E-state index < -0.39 is 0 Å². The van der Waals surface area contributed by atoms with Crippen molar-refractivity contribution in [2.75, 3.05) is 12.4 Å². The predicted octanol–water partition coefficient (Wildman–Crippen LogP) is 4.46. The molecule has 1 aliphatic rings. The number of hydrogen-bond donors (Lipinski definition) is 2. The highest BCUT2D eigenvalue weighted by atomic mass is 35.5. The van der Waals surface area contributed by atoms with Crippen LogP contribution in [0.15, 0.2) is 48.5 Å². The second kappa shape index (κ2) is 7.79. The second-order valence-corrected chi connectivity index (χ2v) is 7.03. The first-order valence-electron chi connectivity index (χ1n) is 8.64. The van der Waals surface area contributed by atoms with Gasteiger partial charge in [0.2, 0.25) is 0 Å². The largest absolute Gasteiger partial charge is 0.349 e. The molecule has 0 bridgehead atoms. The highest BCUT2D eigenvalue weighted by Gasteiger charge is 2.24. The first kappa shape index (κ1) is 18.3. The Bertz CT molecular complexity index is 803. The van der Waals surface area contributed by atoms with Gasteiger partial charge in [-0.05, 0) is 55.7 Å². The molecule has 0 unspecified atom stereocenters. The van der Waals surface area contributed by atoms with Gasteiger partial charge in [-0.1, -0.05) is 29.8 Å². The van der Waals surface area contributed by atoms with Gasteiger partial charge < -0.3 is 15.5 Å². The Balaban J connectivity index is 1.64. The maximum Gasteiger partial charge on any atom is 0.322 e. The van der Waals surface area contributed by atoms with Gasteiger partial charge in [0.1, 0.15) is 0 Å². The molecule has 2 aromatic carbocycles. The van der Waals surface area contributed by atoms with Gasteiger partial charge in [0, 0.05) is 29.4 Å². The highest BCUT2D eigenvalue weighted by molar-refractivity contribution is 6.30. The summed E-state index contributed by atoms with van der Waals surface area (Å²) in [6.45, 7) is 1.95. The van der Waals surface area contributed by atoms with Crippen LogP contribution in [0, 0.1) is 0 Å². The van der Waals surface area contributed by atoms with Gasteiger partial charge in [0.05, 0.1) is 6.04 Å². The quantitative estimate of drug-likeness (QED) is 0.815. The molecule has 136 valence electrons. The maximum absolute atomic E-state index is 12.6. The number of rotatable bonds is 5. The molecule has 0 aromatic heterocycles. The third-order valence-corrected chi connectivity index (χ3v) is 4.79. The molecule has 26 heavy (non-hydrogen) atoms. The Labute approximate surface area is 158 Å². The summed E-state index contributed by atoms with van der Waals surface area (Å²) in [5.74, 6) is -0.105. The van der Waals surface area contributed by atoms with Crippen molar-refractivity contribution in [1.82, 2.24) is 10.2 Å². The van der Waals surface area contributed by atoms with Crippen molar-refractivity contribution in [3.05, 3.63) is 64.7 Å². The van der Waals surface area contributed by atoms with Crippen LogP contribution in [0.25, 0.3) is 0 Å². The summed E-state index contributed by atoms with van der Waals surface area (Å²) in [5, 5.41) is 6.46. The number of carbonyl (C=O) groups excluding carboxylic acids is 2. The van der Waals surface area contributed by atoms with E-state index >= 15 is 0 Å². The molecule has 6 heteroatoms. The molecule has 0 radical (unpaired) electrons. The summed E-state index contributed by atoms with van der Waals surface area (Å²) in [6.07, 6.45) is 2.07. The molecule has 2 aromatic rings. The molecule has 1 atom stereocenters. The minimum Gasteiger partial charge on any atom is -0.349 e. The number of urea groups is 1. The zero-order chi connectivity index (χ0) is 18.7. The van der Waals surface area contributed by atoms with Gasteiger partial charge in [-0.3, -0.25) is 4.79 Å². The minimum atomic E-state index is -0.243. The Morgan fingerprint density at radius 3 is 2.50 bits per heavy atom. The molecular formula is C20H22ClN3O2. The Kier molecular flexibility index (Phi) is 5.47. The topological polar surface area (TPSA) is 61.4 Å². The van der Waals surface area contributed by atoms with Crippen LogP contribution in [-0.2, 0) is 0 Å². The number of benzene rings is 2. The molecule has 1 aliphatic carbocycles. The van der Waals surface area contributed by atoms with E-state index in [1.807, 2.05) is 19.1 Å². The molecule has 3 rings (SSSR count). The van der Waals surface area contributed by atoms with E-state index in [-0.39, 0.29) is 18.0 Å². The van der Waals surface area contributed by atoms with Crippen LogP contribution in [0.3, 0.4) is 0 Å². The Morgan fingerprint density at radius 1 is 1.15 bits per heavy atom. The number of anilines is 1. The van der Waals surface area contributed by atoms with Crippen LogP contribution in [-0.4, -0.2) is 29.9 Å². The average molecular weight is 372 g/mol. The third kappa shape index (κ3) is 4.55. The van der Waals surface area contributed by atoms with Crippen molar-refractivity contribution >= 4 is 29.2 Å². The zero-order valence-electron chi connectivity index (χ0n) is 14.8. The van der Waals surface area contributed by atoms with E-state index in [9.17, 15) is 9.59 Å². The molecule has 3 amide bonds. The van der Waals surface area contributed by atoms with Gasteiger partial charge in [-0.2, -0.15) is 0 Å². The fourth-order valence-electron chi connectivity index (χ4n) is 2.59. The lowest BCUT2D eigenvalue weighted by atomic mass is 10.1. The molecule has 0 saturated heterocycles. The molecule has 2 N–H and O–H groups in total. The normalized spacial score (nSPS) is 14.4. The minimum absolute atomic E-state index is 0.105. The SMILES string of the molecule is C[C@H](c1ccc(Cl)cc1)N(C)C(=O)Nc1cccc(C(=O)NC2CC2)c1. The molecule has 0 spiro atoms. The van der Waals surface area contributed by atoms with Gasteiger partial charge >= 0.3 is 6.03 Å². The molecule has 1 fully saturated rings. The van der Waals surface area contributed by atoms with Crippen molar-refractivity contribution in [3.8, 4) is 0 Å². The average Bonchev–Trinajstić information content (AvgIpc) is 3.45. The van der Waals surface area contributed by atoms with Crippen LogP contribution in [0.4, 0.5) is 10.5 Å². The van der Waals surface area contributed by atoms with E-state index in [1.165, 1.54) is 0 Å². The van der Waals surface area contributed by atoms with Crippen LogP contribution in [0.5, 0.6) is 0 Å². The lowest BCUT2D eigenvalue weighted by Crippen LogP contribution is -2.33. The van der Waals surface area contributed by atoms with E-state index in [0.29, 0.717) is 22.3 Å². The number of amides is 3. The predicted molar refractivity (Wildman–Crippen MR) is 104 cm³/mol. The lowest BCUT2D eigenvalue weighted by molar-refractivity contribution is 0.0951. The number of carbonyl (C=O) groups is 2. The van der Waals surface area contributed by atoms with E-state index in [2.05, 4.69) is 10.6 Å². The van der Waals surface area contributed by atoms with E-state index in [4.69, 9.17) is 11.6 Å². The van der Waals surface area contributed by atoms with Crippen LogP contribution in [0.1, 0.15) is 41.7 Å². The second-order valence-electron chi connectivity index (χ2n) is 6.60. The third-order valence-electron chi connectivity index (χ3n) is 4.54. The van der Waals surface area contributed by atoms with Crippen molar-refractivity contribution < 1.29 is 9.59 Å². The number of hydrogen-bond acceptors (Lipinski definition) is 2. The fraction of sp³-hybridized carbons (Fsp3) is 0.300. The molecule has 5 nitrogen and oxygen atoms in total. The van der Waals surface area contributed by atoms with E-state index in [0.717, 1.165) is 18.4 Å². The molecule has 1 saturated carbocycles. The van der Waals surface area contributed by atoms with E-state index in [1.54, 1.807) is 48.3 Å². The lowest BCUT2D eigenvalue weighted by Gasteiger charge is -2.25. The fourth-order valence-corrected chi connectivity index (χ4v) is 2.71. The standard InChI is InChI=1S/C20H22ClN3O2/c1-13(14-6-8-16(21)9-7-14)24(2)20(26)23-18-5-3-4-15(12-18)19(25)22-17-10-11-17/h3-9,12-13,17H,10-11H2,1-2H3,(H,22,25)(H,23,26)/t13-/m1/s1.